The summed E-state index contributed by atoms with van der Waals surface area (Å²) in [5, 5.41) is 3.56. The van der Waals surface area contributed by atoms with Gasteiger partial charge in [-0.15, -0.1) is 0 Å². The molecule has 0 aromatic heterocycles. The van der Waals surface area contributed by atoms with Crippen LogP contribution in [0.25, 0.3) is 0 Å². The Balaban J connectivity index is 2.01. The maximum absolute atomic E-state index is 13.9. The quantitative estimate of drug-likeness (QED) is 0.293. The third-order valence-electron chi connectivity index (χ3n) is 6.00. The first kappa shape index (κ1) is 31.3. The van der Waals surface area contributed by atoms with E-state index in [1.54, 1.807) is 67.6 Å². The van der Waals surface area contributed by atoms with Gasteiger partial charge in [-0.05, 0) is 81.8 Å². The first-order valence-corrected chi connectivity index (χ1v) is 15.0. The molecule has 8 nitrogen and oxygen atoms in total. The van der Waals surface area contributed by atoms with Crippen molar-refractivity contribution >= 4 is 50.7 Å². The molecule has 3 rings (SSSR count). The van der Waals surface area contributed by atoms with Gasteiger partial charge in [-0.25, -0.2) is 8.42 Å². The second kappa shape index (κ2) is 13.9. The first-order valence-electron chi connectivity index (χ1n) is 12.8. The van der Waals surface area contributed by atoms with Crippen molar-refractivity contribution in [1.82, 2.24) is 10.2 Å². The van der Waals surface area contributed by atoms with Crippen LogP contribution in [0.4, 0.5) is 5.69 Å². The van der Waals surface area contributed by atoms with E-state index in [2.05, 4.69) is 5.32 Å². The molecule has 0 spiro atoms. The number of halogens is 2. The largest absolute Gasteiger partial charge is 0.494 e. The minimum Gasteiger partial charge on any atom is -0.494 e. The summed E-state index contributed by atoms with van der Waals surface area (Å²) in [5.74, 6) is -0.440. The van der Waals surface area contributed by atoms with Crippen molar-refractivity contribution < 1.29 is 22.7 Å². The molecular formula is C29H33Cl2N3O5S. The fourth-order valence-electron chi connectivity index (χ4n) is 3.95. The lowest BCUT2D eigenvalue weighted by molar-refractivity contribution is -0.139. The van der Waals surface area contributed by atoms with E-state index in [4.69, 9.17) is 27.9 Å². The van der Waals surface area contributed by atoms with Crippen LogP contribution in [0.2, 0.25) is 10.0 Å². The summed E-state index contributed by atoms with van der Waals surface area (Å²) in [7, 11) is -4.18. The summed E-state index contributed by atoms with van der Waals surface area (Å²) in [6.07, 6.45) is 0. The van der Waals surface area contributed by atoms with E-state index in [0.717, 1.165) is 4.31 Å². The number of rotatable bonds is 12. The minimum absolute atomic E-state index is 0.00880. The third kappa shape index (κ3) is 7.90. The molecule has 2 amide bonds. The molecule has 0 heterocycles. The standard InChI is InChI=1S/C29H33Cl2N3O5S/c1-5-39-25-13-15-26(16-14-25)40(37,38)34(24-9-7-6-8-10-24)19-28(35)33(21(4)29(36)32-20(2)3)18-22-11-12-23(30)17-27(22)31/h6-17,20-21H,5,18-19H2,1-4H3,(H,32,36)/t21-/m0/s1. The number of hydrogen-bond donors (Lipinski definition) is 1. The molecule has 0 aliphatic carbocycles. The number of para-hydroxylation sites is 1. The Labute approximate surface area is 245 Å². The number of nitrogens with one attached hydrogen (secondary N) is 1. The van der Waals surface area contributed by atoms with Gasteiger partial charge in [0.1, 0.15) is 18.3 Å². The predicted molar refractivity (Wildman–Crippen MR) is 158 cm³/mol. The zero-order valence-corrected chi connectivity index (χ0v) is 25.1. The van der Waals surface area contributed by atoms with Crippen molar-refractivity contribution in [1.29, 1.82) is 0 Å². The lowest BCUT2D eigenvalue weighted by Gasteiger charge is -2.32. The van der Waals surface area contributed by atoms with Crippen LogP contribution in [-0.2, 0) is 26.2 Å². The number of hydrogen-bond acceptors (Lipinski definition) is 5. The van der Waals surface area contributed by atoms with Crippen LogP contribution in [-0.4, -0.2) is 50.4 Å². The highest BCUT2D eigenvalue weighted by molar-refractivity contribution is 7.92. The van der Waals surface area contributed by atoms with E-state index >= 15 is 0 Å². The number of nitrogens with zero attached hydrogens (tertiary/aromatic N) is 2. The molecule has 214 valence electrons. The van der Waals surface area contributed by atoms with Crippen LogP contribution in [0.3, 0.4) is 0 Å². The Morgan fingerprint density at radius 1 is 0.950 bits per heavy atom. The highest BCUT2D eigenvalue weighted by Gasteiger charge is 2.33. The number of carbonyl (C=O) groups is 2. The minimum atomic E-state index is -4.18. The zero-order valence-electron chi connectivity index (χ0n) is 22.8. The SMILES string of the molecule is CCOc1ccc(S(=O)(=O)N(CC(=O)N(Cc2ccc(Cl)cc2Cl)[C@@H](C)C(=O)NC(C)C)c2ccccc2)cc1. The van der Waals surface area contributed by atoms with E-state index in [9.17, 15) is 18.0 Å². The molecule has 0 fully saturated rings. The van der Waals surface area contributed by atoms with Crippen LogP contribution in [0.15, 0.2) is 77.7 Å². The van der Waals surface area contributed by atoms with Gasteiger partial charge in [0.2, 0.25) is 11.8 Å². The molecule has 3 aromatic rings. The molecule has 1 N–H and O–H groups in total. The van der Waals surface area contributed by atoms with Crippen LogP contribution < -0.4 is 14.4 Å². The zero-order chi connectivity index (χ0) is 29.4. The van der Waals surface area contributed by atoms with E-state index in [-0.39, 0.29) is 23.4 Å². The molecule has 0 aliphatic heterocycles. The van der Waals surface area contributed by atoms with Gasteiger partial charge in [-0.1, -0.05) is 47.5 Å². The molecular weight excluding hydrogens is 573 g/mol. The lowest BCUT2D eigenvalue weighted by Crippen LogP contribution is -2.52. The van der Waals surface area contributed by atoms with Crippen molar-refractivity contribution in [3.63, 3.8) is 0 Å². The number of anilines is 1. The molecule has 11 heteroatoms. The summed E-state index contributed by atoms with van der Waals surface area (Å²) in [4.78, 5) is 28.2. The summed E-state index contributed by atoms with van der Waals surface area (Å²) >= 11 is 12.4. The number of amides is 2. The van der Waals surface area contributed by atoms with Crippen molar-refractivity contribution in [2.24, 2.45) is 0 Å². The summed E-state index contributed by atoms with van der Waals surface area (Å²) in [6.45, 7) is 6.90. The van der Waals surface area contributed by atoms with Gasteiger partial charge in [-0.2, -0.15) is 0 Å². The molecule has 0 bridgehead atoms. The lowest BCUT2D eigenvalue weighted by atomic mass is 10.1. The van der Waals surface area contributed by atoms with Crippen molar-refractivity contribution in [3.8, 4) is 5.75 Å². The van der Waals surface area contributed by atoms with Gasteiger partial charge in [0.05, 0.1) is 17.2 Å². The Hall–Kier alpha value is -3.27. The Morgan fingerprint density at radius 2 is 1.60 bits per heavy atom. The van der Waals surface area contributed by atoms with E-state index in [1.807, 2.05) is 20.8 Å². The first-order chi connectivity index (χ1) is 18.9. The van der Waals surface area contributed by atoms with Crippen molar-refractivity contribution in [3.05, 3.63) is 88.4 Å². The topological polar surface area (TPSA) is 96.0 Å². The maximum Gasteiger partial charge on any atom is 0.264 e. The Bertz CT molecular complexity index is 1420. The van der Waals surface area contributed by atoms with Gasteiger partial charge in [0.25, 0.3) is 10.0 Å². The van der Waals surface area contributed by atoms with E-state index in [0.29, 0.717) is 33.7 Å². The van der Waals surface area contributed by atoms with Gasteiger partial charge in [0, 0.05) is 22.6 Å². The van der Waals surface area contributed by atoms with Crippen LogP contribution in [0.5, 0.6) is 5.75 Å². The number of sulfonamides is 1. The summed E-state index contributed by atoms with van der Waals surface area (Å²) in [6, 6.07) is 18.1. The Morgan fingerprint density at radius 3 is 2.17 bits per heavy atom. The molecule has 0 unspecified atom stereocenters. The second-order valence-corrected chi connectivity index (χ2v) is 12.1. The molecule has 0 saturated carbocycles. The van der Waals surface area contributed by atoms with Gasteiger partial charge >= 0.3 is 0 Å². The molecule has 1 atom stereocenters. The number of benzene rings is 3. The average molecular weight is 607 g/mol. The highest BCUT2D eigenvalue weighted by atomic mass is 35.5. The van der Waals surface area contributed by atoms with Crippen LogP contribution >= 0.6 is 23.2 Å². The van der Waals surface area contributed by atoms with E-state index in [1.165, 1.54) is 17.0 Å². The van der Waals surface area contributed by atoms with Gasteiger partial charge in [-0.3, -0.25) is 13.9 Å². The van der Waals surface area contributed by atoms with Crippen molar-refractivity contribution in [2.45, 2.75) is 51.2 Å². The van der Waals surface area contributed by atoms with Gasteiger partial charge < -0.3 is 15.0 Å². The Kier molecular flexibility index (Phi) is 10.8. The fraction of sp³-hybridized carbons (Fsp3) is 0.310. The third-order valence-corrected chi connectivity index (χ3v) is 8.37. The second-order valence-electron chi connectivity index (χ2n) is 9.35. The molecule has 3 aromatic carbocycles. The monoisotopic (exact) mass is 605 g/mol. The average Bonchev–Trinajstić information content (AvgIpc) is 2.91. The van der Waals surface area contributed by atoms with Gasteiger partial charge in [0.15, 0.2) is 0 Å². The summed E-state index contributed by atoms with van der Waals surface area (Å²) in [5.41, 5.74) is 0.859. The number of ether oxygens (including phenoxy) is 1. The normalized spacial score (nSPS) is 12.1. The maximum atomic E-state index is 13.9. The van der Waals surface area contributed by atoms with Crippen molar-refractivity contribution in [2.75, 3.05) is 17.5 Å². The highest BCUT2D eigenvalue weighted by Crippen LogP contribution is 2.27. The number of carbonyl (C=O) groups excluding carboxylic acids is 2. The molecule has 0 aliphatic rings. The van der Waals surface area contributed by atoms with Crippen LogP contribution in [0.1, 0.15) is 33.3 Å². The molecule has 40 heavy (non-hydrogen) atoms. The predicted octanol–water partition coefficient (Wildman–Crippen LogP) is 5.53. The van der Waals surface area contributed by atoms with E-state index < -0.39 is 28.5 Å². The molecule has 0 saturated heterocycles. The smallest absolute Gasteiger partial charge is 0.264 e. The molecule has 0 radical (unpaired) electrons. The summed E-state index contributed by atoms with van der Waals surface area (Å²) < 4.78 is 34.2. The van der Waals surface area contributed by atoms with Crippen LogP contribution in [0, 0.1) is 0 Å². The fourth-order valence-corrected chi connectivity index (χ4v) is 5.83.